The zero-order chi connectivity index (χ0) is 20.6. The molecule has 0 spiro atoms. The van der Waals surface area contributed by atoms with E-state index in [-0.39, 0.29) is 34.0 Å². The number of aromatic carboxylic acids is 3. The van der Waals surface area contributed by atoms with Crippen molar-refractivity contribution in [3.05, 3.63) is 34.9 Å². The molecule has 0 aliphatic heterocycles. The first kappa shape index (κ1) is 25.0. The third kappa shape index (κ3) is 7.33. The summed E-state index contributed by atoms with van der Waals surface area (Å²) in [5, 5.41) is 36.3. The minimum atomic E-state index is -1.37. The smallest absolute Gasteiger partial charge is 0.335 e. The summed E-state index contributed by atoms with van der Waals surface area (Å²) in [5.74, 6) is -5.04. The number of carboxylic acid groups (broad SMARTS) is 4. The topological polar surface area (TPSA) is 211 Å². The van der Waals surface area contributed by atoms with Crippen LogP contribution in [0.25, 0.3) is 0 Å². The molecular weight excluding hydrogens is 374 g/mol. The SMILES string of the molecule is O.O=C(O)c1cc(C(=O)O)cc(C(=O)O)c1.[NH3+]CC1(CC(=O)[O-])CCCCC1. The molecule has 0 atom stereocenters. The number of carbonyl (C=O) groups is 4. The van der Waals surface area contributed by atoms with Gasteiger partial charge in [0.2, 0.25) is 0 Å². The van der Waals surface area contributed by atoms with Crippen molar-refractivity contribution in [3.8, 4) is 0 Å². The molecule has 1 aliphatic carbocycles. The Balaban J connectivity index is 0.000000514. The van der Waals surface area contributed by atoms with E-state index < -0.39 is 23.9 Å². The first-order valence-corrected chi connectivity index (χ1v) is 8.44. The van der Waals surface area contributed by atoms with Crippen LogP contribution in [0.2, 0.25) is 0 Å². The van der Waals surface area contributed by atoms with E-state index in [9.17, 15) is 24.3 Å². The van der Waals surface area contributed by atoms with Crippen LogP contribution in [0.3, 0.4) is 0 Å². The largest absolute Gasteiger partial charge is 0.550 e. The highest BCUT2D eigenvalue weighted by Crippen LogP contribution is 2.37. The van der Waals surface area contributed by atoms with Crippen LogP contribution < -0.4 is 10.8 Å². The molecule has 0 unspecified atom stereocenters. The molecule has 2 rings (SSSR count). The van der Waals surface area contributed by atoms with E-state index in [2.05, 4.69) is 5.73 Å². The van der Waals surface area contributed by atoms with E-state index in [1.165, 1.54) is 6.42 Å². The van der Waals surface area contributed by atoms with Gasteiger partial charge < -0.3 is 36.4 Å². The normalized spacial score (nSPS) is 14.6. The molecule has 0 heterocycles. The molecule has 8 N–H and O–H groups in total. The summed E-state index contributed by atoms with van der Waals surface area (Å²) in [6.45, 7) is 0.737. The monoisotopic (exact) mass is 399 g/mol. The van der Waals surface area contributed by atoms with E-state index in [1.54, 1.807) is 0 Å². The Morgan fingerprint density at radius 1 is 0.857 bits per heavy atom. The highest BCUT2D eigenvalue weighted by molar-refractivity contribution is 5.98. The predicted octanol–water partition coefficient (Wildman–Crippen LogP) is -0.725. The zero-order valence-corrected chi connectivity index (χ0v) is 15.3. The Morgan fingerprint density at radius 3 is 1.46 bits per heavy atom. The molecule has 0 aromatic heterocycles. The number of rotatable bonds is 6. The summed E-state index contributed by atoms with van der Waals surface area (Å²) in [6, 6.07) is 2.70. The number of benzene rings is 1. The van der Waals surface area contributed by atoms with Gasteiger partial charge in [-0.1, -0.05) is 19.3 Å². The molecule has 10 heteroatoms. The van der Waals surface area contributed by atoms with Gasteiger partial charge in [-0.15, -0.1) is 0 Å². The molecule has 0 amide bonds. The van der Waals surface area contributed by atoms with Crippen molar-refractivity contribution >= 4 is 23.9 Å². The van der Waals surface area contributed by atoms with Gasteiger partial charge in [0, 0.05) is 11.4 Å². The number of hydrogen-bond acceptors (Lipinski definition) is 5. The van der Waals surface area contributed by atoms with Crippen molar-refractivity contribution in [2.75, 3.05) is 6.54 Å². The van der Waals surface area contributed by atoms with Crippen molar-refractivity contribution < 1.29 is 50.8 Å². The number of carboxylic acids is 4. The number of carbonyl (C=O) groups excluding carboxylic acids is 1. The van der Waals surface area contributed by atoms with E-state index in [0.717, 1.165) is 50.4 Å². The van der Waals surface area contributed by atoms with Crippen molar-refractivity contribution in [3.63, 3.8) is 0 Å². The van der Waals surface area contributed by atoms with Crippen LogP contribution in [0.5, 0.6) is 0 Å². The maximum absolute atomic E-state index is 10.6. The van der Waals surface area contributed by atoms with Gasteiger partial charge >= 0.3 is 17.9 Å². The summed E-state index contributed by atoms with van der Waals surface area (Å²) in [7, 11) is 0. The Kier molecular flexibility index (Phi) is 9.83. The third-order valence-corrected chi connectivity index (χ3v) is 4.64. The van der Waals surface area contributed by atoms with Crippen molar-refractivity contribution in [2.45, 2.75) is 38.5 Å². The second-order valence-electron chi connectivity index (χ2n) is 6.57. The van der Waals surface area contributed by atoms with Crippen molar-refractivity contribution in [1.82, 2.24) is 0 Å². The van der Waals surface area contributed by atoms with Gasteiger partial charge in [-0.25, -0.2) is 14.4 Å². The highest BCUT2D eigenvalue weighted by Gasteiger charge is 2.32. The van der Waals surface area contributed by atoms with E-state index in [4.69, 9.17) is 15.3 Å². The van der Waals surface area contributed by atoms with Crippen LogP contribution in [0.15, 0.2) is 18.2 Å². The van der Waals surface area contributed by atoms with Crippen LogP contribution in [0.1, 0.15) is 69.6 Å². The second kappa shape index (κ2) is 11.0. The van der Waals surface area contributed by atoms with Gasteiger partial charge in [-0.2, -0.15) is 0 Å². The second-order valence-corrected chi connectivity index (χ2v) is 6.57. The molecule has 0 bridgehead atoms. The van der Waals surface area contributed by atoms with Gasteiger partial charge in [0.05, 0.1) is 23.2 Å². The fourth-order valence-electron chi connectivity index (χ4n) is 3.12. The fourth-order valence-corrected chi connectivity index (χ4v) is 3.12. The molecule has 1 saturated carbocycles. The van der Waals surface area contributed by atoms with Crippen LogP contribution in [0.4, 0.5) is 0 Å². The molecule has 0 saturated heterocycles. The summed E-state index contributed by atoms with van der Waals surface area (Å²) < 4.78 is 0. The van der Waals surface area contributed by atoms with E-state index >= 15 is 0 Å². The maximum Gasteiger partial charge on any atom is 0.335 e. The van der Waals surface area contributed by atoms with E-state index in [1.807, 2.05) is 0 Å². The maximum atomic E-state index is 10.6. The molecule has 28 heavy (non-hydrogen) atoms. The van der Waals surface area contributed by atoms with Crippen LogP contribution >= 0.6 is 0 Å². The molecule has 156 valence electrons. The minimum Gasteiger partial charge on any atom is -0.550 e. The van der Waals surface area contributed by atoms with Crippen LogP contribution in [0, 0.1) is 5.41 Å². The van der Waals surface area contributed by atoms with Crippen molar-refractivity contribution in [2.24, 2.45) is 5.41 Å². The molecule has 1 fully saturated rings. The number of aliphatic carboxylic acids is 1. The standard InChI is InChI=1S/C9H17NO2.C9H6O6.H2O/c10-7-9(6-8(11)12)4-2-1-3-5-9;10-7(11)4-1-5(8(12)13)3-6(2-4)9(14)15;/h1-7,10H2,(H,11,12);1-3H,(H,10,11)(H,12,13)(H,14,15);1H2. The molecule has 0 radical (unpaired) electrons. The Labute approximate surface area is 160 Å². The summed E-state index contributed by atoms with van der Waals surface area (Å²) in [6.07, 6.45) is 5.80. The lowest BCUT2D eigenvalue weighted by molar-refractivity contribution is -0.397. The average molecular weight is 399 g/mol. The summed E-state index contributed by atoms with van der Waals surface area (Å²) in [5.41, 5.74) is 2.71. The van der Waals surface area contributed by atoms with Crippen LogP contribution in [-0.4, -0.2) is 51.2 Å². The molecule has 1 aromatic rings. The minimum absolute atomic E-state index is 0. The lowest BCUT2D eigenvalue weighted by Gasteiger charge is -2.34. The average Bonchev–Trinajstić information content (AvgIpc) is 2.62. The third-order valence-electron chi connectivity index (χ3n) is 4.64. The molecule has 1 aromatic carbocycles. The Morgan fingerprint density at radius 2 is 1.21 bits per heavy atom. The quantitative estimate of drug-likeness (QED) is 0.477. The lowest BCUT2D eigenvalue weighted by Crippen LogP contribution is -2.59. The first-order valence-electron chi connectivity index (χ1n) is 8.44. The van der Waals surface area contributed by atoms with Gasteiger partial charge in [0.1, 0.15) is 0 Å². The zero-order valence-electron chi connectivity index (χ0n) is 15.3. The molecule has 1 aliphatic rings. The predicted molar refractivity (Wildman–Crippen MR) is 93.8 cm³/mol. The first-order chi connectivity index (χ1) is 12.6. The fraction of sp³-hybridized carbons (Fsp3) is 0.444. The Bertz CT molecular complexity index is 645. The van der Waals surface area contributed by atoms with Gasteiger partial charge in [-0.05, 0) is 37.5 Å². The van der Waals surface area contributed by atoms with E-state index in [0.29, 0.717) is 0 Å². The van der Waals surface area contributed by atoms with Crippen molar-refractivity contribution in [1.29, 1.82) is 0 Å². The number of quaternary nitrogens is 1. The molecule has 10 nitrogen and oxygen atoms in total. The molecular formula is C18H25NO9. The van der Waals surface area contributed by atoms with Gasteiger partial charge in [-0.3, -0.25) is 0 Å². The lowest BCUT2D eigenvalue weighted by atomic mass is 9.72. The van der Waals surface area contributed by atoms with Gasteiger partial charge in [0.15, 0.2) is 0 Å². The Hall–Kier alpha value is -2.98. The van der Waals surface area contributed by atoms with Gasteiger partial charge in [0.25, 0.3) is 0 Å². The highest BCUT2D eigenvalue weighted by atomic mass is 16.4. The summed E-state index contributed by atoms with van der Waals surface area (Å²) in [4.78, 5) is 42.2. The summed E-state index contributed by atoms with van der Waals surface area (Å²) >= 11 is 0. The number of hydrogen-bond donors (Lipinski definition) is 4. The van der Waals surface area contributed by atoms with Crippen LogP contribution in [-0.2, 0) is 4.79 Å².